The van der Waals surface area contributed by atoms with Crippen molar-refractivity contribution in [1.29, 1.82) is 0 Å². The molecule has 0 radical (unpaired) electrons. The van der Waals surface area contributed by atoms with Crippen LogP contribution in [0.4, 0.5) is 17.1 Å². The minimum Gasteiger partial charge on any atom is -0.309 e. The van der Waals surface area contributed by atoms with Crippen molar-refractivity contribution in [2.45, 2.75) is 5.41 Å². The van der Waals surface area contributed by atoms with Crippen molar-refractivity contribution in [3.05, 3.63) is 222 Å². The van der Waals surface area contributed by atoms with Gasteiger partial charge in [-0.15, -0.1) is 0 Å². The van der Waals surface area contributed by atoms with Crippen LogP contribution in [0.2, 0.25) is 0 Å². The summed E-state index contributed by atoms with van der Waals surface area (Å²) in [5.41, 5.74) is 13.0. The van der Waals surface area contributed by atoms with Gasteiger partial charge in [-0.3, -0.25) is 0 Å². The van der Waals surface area contributed by atoms with Gasteiger partial charge in [-0.25, -0.2) is 0 Å². The Morgan fingerprint density at radius 2 is 0.896 bits per heavy atom. The van der Waals surface area contributed by atoms with Crippen molar-refractivity contribution in [2.75, 3.05) is 4.90 Å². The summed E-state index contributed by atoms with van der Waals surface area (Å²) in [5, 5.41) is 2.48. The molecule has 48 heavy (non-hydrogen) atoms. The Morgan fingerprint density at radius 3 is 1.62 bits per heavy atom. The first kappa shape index (κ1) is 28.1. The normalized spacial score (nSPS) is 12.8. The van der Waals surface area contributed by atoms with E-state index in [0.29, 0.717) is 0 Å². The number of hydrogen-bond acceptors (Lipinski definition) is 1. The van der Waals surface area contributed by atoms with Gasteiger partial charge in [0.1, 0.15) is 0 Å². The molecule has 0 saturated heterocycles. The molecule has 0 spiro atoms. The number of nitrogens with zero attached hydrogens (tertiary/aromatic N) is 1. The van der Waals surface area contributed by atoms with Gasteiger partial charge in [0.25, 0.3) is 0 Å². The highest BCUT2D eigenvalue weighted by molar-refractivity contribution is 6.00. The third-order valence-corrected chi connectivity index (χ3v) is 9.92. The molecule has 0 aromatic heterocycles. The number of hydrogen-bond donors (Lipinski definition) is 0. The molecule has 0 saturated carbocycles. The summed E-state index contributed by atoms with van der Waals surface area (Å²) in [6, 6.07) is 73.0. The third-order valence-electron chi connectivity index (χ3n) is 9.92. The van der Waals surface area contributed by atoms with Crippen LogP contribution in [-0.4, -0.2) is 0 Å². The Labute approximate surface area is 282 Å². The summed E-state index contributed by atoms with van der Waals surface area (Å²) in [6.07, 6.45) is 0. The lowest BCUT2D eigenvalue weighted by molar-refractivity contribution is 0.768. The topological polar surface area (TPSA) is 3.24 Å². The molecule has 226 valence electrons. The maximum atomic E-state index is 2.46. The largest absolute Gasteiger partial charge is 0.309 e. The molecule has 0 heterocycles. The minimum absolute atomic E-state index is 0.468. The van der Waals surface area contributed by atoms with Gasteiger partial charge in [0.2, 0.25) is 0 Å². The molecule has 1 nitrogen and oxygen atoms in total. The number of rotatable bonds is 6. The Balaban J connectivity index is 1.36. The number of anilines is 3. The van der Waals surface area contributed by atoms with Gasteiger partial charge in [0, 0.05) is 16.8 Å². The molecule has 0 amide bonds. The van der Waals surface area contributed by atoms with Gasteiger partial charge in [-0.1, -0.05) is 170 Å². The lowest BCUT2D eigenvalue weighted by atomic mass is 9.68. The summed E-state index contributed by atoms with van der Waals surface area (Å²) >= 11 is 0. The SMILES string of the molecule is c1ccc(N(c2ccccc2-c2ccc3ccccc3c2)c2cccc3c2-c2ccccc2C3(c2ccccc2)c2ccccc2)cc1. The molecule has 0 fully saturated rings. The summed E-state index contributed by atoms with van der Waals surface area (Å²) in [7, 11) is 0. The van der Waals surface area contributed by atoms with Gasteiger partial charge >= 0.3 is 0 Å². The van der Waals surface area contributed by atoms with Crippen molar-refractivity contribution in [3.63, 3.8) is 0 Å². The molecule has 8 aromatic rings. The first-order valence-electron chi connectivity index (χ1n) is 16.6. The van der Waals surface area contributed by atoms with E-state index in [1.807, 2.05) is 0 Å². The van der Waals surface area contributed by atoms with Crippen LogP contribution in [0.1, 0.15) is 22.3 Å². The van der Waals surface area contributed by atoms with Crippen LogP contribution >= 0.6 is 0 Å². The second-order valence-electron chi connectivity index (χ2n) is 12.5. The summed E-state index contributed by atoms with van der Waals surface area (Å²) in [6.45, 7) is 0. The maximum absolute atomic E-state index is 2.46. The summed E-state index contributed by atoms with van der Waals surface area (Å²) in [4.78, 5) is 2.46. The molecular weight excluding hydrogens is 579 g/mol. The second kappa shape index (κ2) is 11.6. The Bertz CT molecular complexity index is 2350. The van der Waals surface area contributed by atoms with E-state index in [1.165, 1.54) is 55.3 Å². The molecule has 9 rings (SSSR count). The highest BCUT2D eigenvalue weighted by Gasteiger charge is 2.47. The first-order chi connectivity index (χ1) is 23.8. The third kappa shape index (κ3) is 4.32. The lowest BCUT2D eigenvalue weighted by Gasteiger charge is -2.34. The Morgan fingerprint density at radius 1 is 0.354 bits per heavy atom. The Hall–Kier alpha value is -6.18. The van der Waals surface area contributed by atoms with E-state index in [-0.39, 0.29) is 0 Å². The molecule has 8 aromatic carbocycles. The van der Waals surface area contributed by atoms with Crippen LogP contribution in [0.5, 0.6) is 0 Å². The van der Waals surface area contributed by atoms with Gasteiger partial charge in [0.05, 0.1) is 16.8 Å². The fourth-order valence-corrected chi connectivity index (χ4v) is 7.91. The fourth-order valence-electron chi connectivity index (χ4n) is 7.91. The lowest BCUT2D eigenvalue weighted by Crippen LogP contribution is -2.28. The highest BCUT2D eigenvalue weighted by Crippen LogP contribution is 2.59. The zero-order valence-corrected chi connectivity index (χ0v) is 26.5. The molecule has 1 aliphatic rings. The quantitative estimate of drug-likeness (QED) is 0.181. The van der Waals surface area contributed by atoms with Gasteiger partial charge in [0.15, 0.2) is 0 Å². The van der Waals surface area contributed by atoms with E-state index in [1.54, 1.807) is 0 Å². The van der Waals surface area contributed by atoms with Crippen molar-refractivity contribution in [1.82, 2.24) is 0 Å². The van der Waals surface area contributed by atoms with Crippen LogP contribution in [0.3, 0.4) is 0 Å². The van der Waals surface area contributed by atoms with Crippen LogP contribution in [0.25, 0.3) is 33.0 Å². The molecule has 0 aliphatic heterocycles. The predicted molar refractivity (Wildman–Crippen MR) is 201 cm³/mol. The zero-order valence-electron chi connectivity index (χ0n) is 26.5. The monoisotopic (exact) mass is 611 g/mol. The molecule has 0 atom stereocenters. The minimum atomic E-state index is -0.468. The summed E-state index contributed by atoms with van der Waals surface area (Å²) < 4.78 is 0. The van der Waals surface area contributed by atoms with Gasteiger partial charge in [-0.05, 0) is 74.5 Å². The first-order valence-corrected chi connectivity index (χ1v) is 16.6. The number of fused-ring (bicyclic) bond motifs is 4. The zero-order chi connectivity index (χ0) is 31.9. The summed E-state index contributed by atoms with van der Waals surface area (Å²) in [5.74, 6) is 0. The van der Waals surface area contributed by atoms with Crippen LogP contribution in [0.15, 0.2) is 200 Å². The van der Waals surface area contributed by atoms with Gasteiger partial charge < -0.3 is 4.90 Å². The van der Waals surface area contributed by atoms with Crippen molar-refractivity contribution < 1.29 is 0 Å². The number of para-hydroxylation sites is 2. The molecular formula is C47H33N. The van der Waals surface area contributed by atoms with Gasteiger partial charge in [-0.2, -0.15) is 0 Å². The van der Waals surface area contributed by atoms with Crippen molar-refractivity contribution >= 4 is 27.8 Å². The Kier molecular flexibility index (Phi) is 6.76. The average Bonchev–Trinajstić information content (AvgIpc) is 3.48. The number of benzene rings is 8. The van der Waals surface area contributed by atoms with E-state index < -0.39 is 5.41 Å². The van der Waals surface area contributed by atoms with Crippen molar-refractivity contribution in [2.24, 2.45) is 0 Å². The molecule has 0 bridgehead atoms. The molecule has 1 aliphatic carbocycles. The van der Waals surface area contributed by atoms with E-state index in [0.717, 1.165) is 17.1 Å². The maximum Gasteiger partial charge on any atom is 0.0714 e. The molecule has 0 N–H and O–H groups in total. The van der Waals surface area contributed by atoms with Crippen LogP contribution in [-0.2, 0) is 5.41 Å². The predicted octanol–water partition coefficient (Wildman–Crippen LogP) is 12.3. The highest BCUT2D eigenvalue weighted by atomic mass is 15.1. The standard InChI is InChI=1S/C47H33N/c1-4-19-37(20-5-1)47(38-21-6-2-7-22-38)42-27-14-12-26-41(42)46-43(47)28-16-30-45(46)48(39-23-8-3-9-24-39)44-29-15-13-25-40(44)36-32-31-34-17-10-11-18-35(34)33-36/h1-33H. The molecule has 1 heteroatoms. The average molecular weight is 612 g/mol. The molecule has 0 unspecified atom stereocenters. The van der Waals surface area contributed by atoms with Crippen LogP contribution in [0, 0.1) is 0 Å². The van der Waals surface area contributed by atoms with E-state index in [4.69, 9.17) is 0 Å². The van der Waals surface area contributed by atoms with E-state index in [9.17, 15) is 0 Å². The van der Waals surface area contributed by atoms with E-state index in [2.05, 4.69) is 205 Å². The second-order valence-corrected chi connectivity index (χ2v) is 12.5. The van der Waals surface area contributed by atoms with Crippen LogP contribution < -0.4 is 4.90 Å². The smallest absolute Gasteiger partial charge is 0.0714 e. The van der Waals surface area contributed by atoms with E-state index >= 15 is 0 Å². The van der Waals surface area contributed by atoms with Crippen molar-refractivity contribution in [3.8, 4) is 22.3 Å². The fraction of sp³-hybridized carbons (Fsp3) is 0.0213.